The van der Waals surface area contributed by atoms with Gasteiger partial charge in [-0.2, -0.15) is 0 Å². The van der Waals surface area contributed by atoms with Gasteiger partial charge in [-0.15, -0.1) is 11.3 Å². The number of aryl methyl sites for hydroxylation is 1. The van der Waals surface area contributed by atoms with Crippen LogP contribution in [0.3, 0.4) is 0 Å². The summed E-state index contributed by atoms with van der Waals surface area (Å²) in [5.74, 6) is -1.91. The third kappa shape index (κ3) is 4.67. The lowest BCUT2D eigenvalue weighted by molar-refractivity contribution is -0.133. The molecule has 0 aliphatic rings. The molecular weight excluding hydrogens is 294 g/mol. The van der Waals surface area contributed by atoms with E-state index >= 15 is 0 Å². The SMILES string of the molecule is CC(C(=O)O)=C(C)C(=O)NC(=O)N(C)Cc1csc(C)n1. The van der Waals surface area contributed by atoms with Gasteiger partial charge in [0.1, 0.15) is 0 Å². The third-order valence-electron chi connectivity index (χ3n) is 2.86. The molecule has 3 amide bonds. The second kappa shape index (κ2) is 6.98. The van der Waals surface area contributed by atoms with Gasteiger partial charge in [-0.05, 0) is 20.8 Å². The van der Waals surface area contributed by atoms with Gasteiger partial charge in [-0.25, -0.2) is 14.6 Å². The van der Waals surface area contributed by atoms with Crippen LogP contribution in [0.1, 0.15) is 24.5 Å². The Hall–Kier alpha value is -2.22. The second-order valence-electron chi connectivity index (χ2n) is 4.53. The van der Waals surface area contributed by atoms with Crippen LogP contribution in [0.2, 0.25) is 0 Å². The zero-order chi connectivity index (χ0) is 16.2. The van der Waals surface area contributed by atoms with Crippen molar-refractivity contribution in [3.63, 3.8) is 0 Å². The monoisotopic (exact) mass is 311 g/mol. The van der Waals surface area contributed by atoms with Crippen LogP contribution in [0.4, 0.5) is 4.79 Å². The number of aliphatic carboxylic acids is 1. The summed E-state index contributed by atoms with van der Waals surface area (Å²) in [6.45, 7) is 4.80. The van der Waals surface area contributed by atoms with Crippen molar-refractivity contribution in [3.8, 4) is 0 Å². The Bertz CT molecular complexity index is 606. The van der Waals surface area contributed by atoms with Crippen LogP contribution >= 0.6 is 11.3 Å². The molecule has 1 aromatic rings. The average molecular weight is 311 g/mol. The summed E-state index contributed by atoms with van der Waals surface area (Å²) in [5, 5.41) is 13.7. The Morgan fingerprint density at radius 3 is 2.43 bits per heavy atom. The molecule has 0 saturated carbocycles. The van der Waals surface area contributed by atoms with E-state index < -0.39 is 17.9 Å². The van der Waals surface area contributed by atoms with Gasteiger partial charge >= 0.3 is 12.0 Å². The fourth-order valence-corrected chi connectivity index (χ4v) is 2.02. The van der Waals surface area contributed by atoms with Crippen molar-refractivity contribution < 1.29 is 19.5 Å². The molecule has 1 heterocycles. The lowest BCUT2D eigenvalue weighted by Crippen LogP contribution is -2.41. The number of carbonyl (C=O) groups is 3. The standard InChI is InChI=1S/C13H17N3O4S/c1-7(8(2)12(18)19)11(17)15-13(20)16(4)5-10-6-21-9(3)14-10/h6H,5H2,1-4H3,(H,18,19)(H,15,17,20). The Morgan fingerprint density at radius 1 is 1.33 bits per heavy atom. The van der Waals surface area contributed by atoms with E-state index in [0.29, 0.717) is 0 Å². The quantitative estimate of drug-likeness (QED) is 0.822. The van der Waals surface area contributed by atoms with Crippen molar-refractivity contribution in [2.75, 3.05) is 7.05 Å². The van der Waals surface area contributed by atoms with Crippen molar-refractivity contribution >= 4 is 29.2 Å². The number of urea groups is 1. The maximum Gasteiger partial charge on any atom is 0.331 e. The van der Waals surface area contributed by atoms with Crippen LogP contribution in [0.25, 0.3) is 0 Å². The van der Waals surface area contributed by atoms with E-state index in [1.807, 2.05) is 12.3 Å². The first-order valence-electron chi connectivity index (χ1n) is 6.10. The smallest absolute Gasteiger partial charge is 0.331 e. The van der Waals surface area contributed by atoms with E-state index in [0.717, 1.165) is 10.7 Å². The minimum absolute atomic E-state index is 0.00578. The highest BCUT2D eigenvalue weighted by Crippen LogP contribution is 2.10. The lowest BCUT2D eigenvalue weighted by atomic mass is 10.1. The topological polar surface area (TPSA) is 99.6 Å². The van der Waals surface area contributed by atoms with Crippen LogP contribution in [0.15, 0.2) is 16.5 Å². The summed E-state index contributed by atoms with van der Waals surface area (Å²) < 4.78 is 0. The fourth-order valence-electron chi connectivity index (χ4n) is 1.41. The van der Waals surface area contributed by atoms with Gasteiger partial charge in [-0.3, -0.25) is 10.1 Å². The molecule has 0 fully saturated rings. The molecule has 0 unspecified atom stereocenters. The van der Waals surface area contributed by atoms with Gasteiger partial charge in [0.2, 0.25) is 0 Å². The largest absolute Gasteiger partial charge is 0.478 e. The van der Waals surface area contributed by atoms with E-state index in [1.54, 1.807) is 0 Å². The minimum atomic E-state index is -1.19. The number of carboxylic acids is 1. The summed E-state index contributed by atoms with van der Waals surface area (Å²) in [7, 11) is 1.53. The molecule has 8 heteroatoms. The highest BCUT2D eigenvalue weighted by atomic mass is 32.1. The number of nitrogens with zero attached hydrogens (tertiary/aromatic N) is 2. The lowest BCUT2D eigenvalue weighted by Gasteiger charge is -2.16. The first kappa shape index (κ1) is 16.8. The zero-order valence-electron chi connectivity index (χ0n) is 12.3. The molecule has 0 aliphatic carbocycles. The molecule has 21 heavy (non-hydrogen) atoms. The number of amides is 3. The first-order valence-corrected chi connectivity index (χ1v) is 6.98. The zero-order valence-corrected chi connectivity index (χ0v) is 13.1. The predicted molar refractivity (Wildman–Crippen MR) is 77.9 cm³/mol. The molecule has 1 aromatic heterocycles. The van der Waals surface area contributed by atoms with Gasteiger partial charge in [-0.1, -0.05) is 0 Å². The Labute approximate surface area is 126 Å². The first-order chi connectivity index (χ1) is 9.72. The summed E-state index contributed by atoms with van der Waals surface area (Å²) >= 11 is 1.47. The highest BCUT2D eigenvalue weighted by molar-refractivity contribution is 7.09. The van der Waals surface area contributed by atoms with Crippen molar-refractivity contribution in [1.29, 1.82) is 0 Å². The molecular formula is C13H17N3O4S. The average Bonchev–Trinajstić information content (AvgIpc) is 2.81. The molecule has 0 aromatic carbocycles. The van der Waals surface area contributed by atoms with Crippen LogP contribution in [-0.4, -0.2) is 39.9 Å². The third-order valence-corrected chi connectivity index (χ3v) is 3.68. The molecule has 7 nitrogen and oxygen atoms in total. The van der Waals surface area contributed by atoms with Crippen molar-refractivity contribution in [2.24, 2.45) is 0 Å². The molecule has 0 radical (unpaired) electrons. The van der Waals surface area contributed by atoms with Crippen LogP contribution in [-0.2, 0) is 16.1 Å². The molecule has 1 rings (SSSR count). The van der Waals surface area contributed by atoms with E-state index in [2.05, 4.69) is 10.3 Å². The number of nitrogens with one attached hydrogen (secondary N) is 1. The summed E-state index contributed by atoms with van der Waals surface area (Å²) in [4.78, 5) is 39.9. The maximum absolute atomic E-state index is 11.9. The number of rotatable bonds is 4. The normalized spacial score (nSPS) is 11.6. The van der Waals surface area contributed by atoms with E-state index in [9.17, 15) is 14.4 Å². The molecule has 0 bridgehead atoms. The molecule has 0 atom stereocenters. The number of thiazole rings is 1. The summed E-state index contributed by atoms with van der Waals surface area (Å²) in [6.07, 6.45) is 0. The van der Waals surface area contributed by atoms with Gasteiger partial charge < -0.3 is 10.0 Å². The van der Waals surface area contributed by atoms with E-state index in [-0.39, 0.29) is 17.7 Å². The fraction of sp³-hybridized carbons (Fsp3) is 0.385. The summed E-state index contributed by atoms with van der Waals surface area (Å²) in [6, 6.07) is -0.608. The van der Waals surface area contributed by atoms with Crippen LogP contribution in [0.5, 0.6) is 0 Å². The highest BCUT2D eigenvalue weighted by Gasteiger charge is 2.18. The van der Waals surface area contributed by atoms with Crippen LogP contribution < -0.4 is 5.32 Å². The van der Waals surface area contributed by atoms with Crippen molar-refractivity contribution in [3.05, 3.63) is 27.2 Å². The predicted octanol–water partition coefficient (Wildman–Crippen LogP) is 1.54. The second-order valence-corrected chi connectivity index (χ2v) is 5.59. The molecule has 2 N–H and O–H groups in total. The van der Waals surface area contributed by atoms with Crippen LogP contribution in [0, 0.1) is 6.92 Å². The van der Waals surface area contributed by atoms with E-state index in [1.165, 1.54) is 37.1 Å². The molecule has 114 valence electrons. The Kier molecular flexibility index (Phi) is 5.60. The number of aromatic nitrogens is 1. The van der Waals surface area contributed by atoms with Gasteiger partial charge in [0, 0.05) is 23.6 Å². The number of hydrogen-bond acceptors (Lipinski definition) is 5. The van der Waals surface area contributed by atoms with Gasteiger partial charge in [0.05, 0.1) is 17.2 Å². The molecule has 0 spiro atoms. The minimum Gasteiger partial charge on any atom is -0.478 e. The van der Waals surface area contributed by atoms with Crippen molar-refractivity contribution in [1.82, 2.24) is 15.2 Å². The molecule has 0 saturated heterocycles. The van der Waals surface area contributed by atoms with E-state index in [4.69, 9.17) is 5.11 Å². The summed E-state index contributed by atoms with van der Waals surface area (Å²) in [5.41, 5.74) is 0.628. The maximum atomic E-state index is 11.9. The number of imide groups is 1. The number of carboxylic acid groups (broad SMARTS) is 1. The van der Waals surface area contributed by atoms with Crippen molar-refractivity contribution in [2.45, 2.75) is 27.3 Å². The molecule has 0 aliphatic heterocycles. The Balaban J connectivity index is 2.66. The van der Waals surface area contributed by atoms with Gasteiger partial charge in [0.25, 0.3) is 5.91 Å². The van der Waals surface area contributed by atoms with Gasteiger partial charge in [0.15, 0.2) is 0 Å². The number of hydrogen-bond donors (Lipinski definition) is 2. The Morgan fingerprint density at radius 2 is 1.95 bits per heavy atom. The number of carbonyl (C=O) groups excluding carboxylic acids is 2.